The van der Waals surface area contributed by atoms with E-state index in [0.29, 0.717) is 16.9 Å². The third-order valence-electron chi connectivity index (χ3n) is 4.66. The van der Waals surface area contributed by atoms with E-state index >= 15 is 0 Å². The standard InChI is InChI=1S/C18H18N6OS.C2HF3O2/c19-10-13-11-26-12-15(13)21-18(25)16-4-2-14-3-5-17(22-24(14)16)23-8-1-6-20-7-9-23;3-2(4,5)1(6)7/h2-5,11-12,20H,1,6-9H2,(H,21,25);(H,6,7). The minimum atomic E-state index is -5.08. The number of rotatable bonds is 3. The van der Waals surface area contributed by atoms with Crippen molar-refractivity contribution < 1.29 is 27.9 Å². The highest BCUT2D eigenvalue weighted by Gasteiger charge is 2.38. The molecule has 0 atom stereocenters. The van der Waals surface area contributed by atoms with Crippen molar-refractivity contribution in [3.63, 3.8) is 0 Å². The number of nitrogens with zero attached hydrogens (tertiary/aromatic N) is 4. The van der Waals surface area contributed by atoms with Gasteiger partial charge in [-0.25, -0.2) is 9.31 Å². The van der Waals surface area contributed by atoms with Crippen LogP contribution in [-0.2, 0) is 4.79 Å². The molecule has 1 fully saturated rings. The third-order valence-corrected chi connectivity index (χ3v) is 5.40. The summed E-state index contributed by atoms with van der Waals surface area (Å²) in [5, 5.41) is 30.6. The zero-order valence-electron chi connectivity index (χ0n) is 17.1. The predicted molar refractivity (Wildman–Crippen MR) is 116 cm³/mol. The van der Waals surface area contributed by atoms with Crippen LogP contribution in [0.25, 0.3) is 5.52 Å². The molecule has 3 aromatic rings. The number of carboxylic acid groups (broad SMARTS) is 1. The monoisotopic (exact) mass is 480 g/mol. The van der Waals surface area contributed by atoms with Crippen LogP contribution in [0.1, 0.15) is 22.5 Å². The number of alkyl halides is 3. The Morgan fingerprint density at radius 3 is 2.61 bits per heavy atom. The molecule has 13 heteroatoms. The summed E-state index contributed by atoms with van der Waals surface area (Å²) in [6.07, 6.45) is -4.02. The molecular formula is C20H19F3N6O3S. The lowest BCUT2D eigenvalue weighted by atomic mass is 10.3. The van der Waals surface area contributed by atoms with E-state index in [0.717, 1.165) is 43.9 Å². The Labute approximate surface area is 190 Å². The second-order valence-electron chi connectivity index (χ2n) is 6.91. The van der Waals surface area contributed by atoms with E-state index in [1.165, 1.54) is 11.3 Å². The van der Waals surface area contributed by atoms with Crippen LogP contribution in [-0.4, -0.2) is 59.0 Å². The average Bonchev–Trinajstić information content (AvgIpc) is 3.30. The third kappa shape index (κ3) is 5.99. The second kappa shape index (κ2) is 10.3. The Morgan fingerprint density at radius 2 is 1.91 bits per heavy atom. The van der Waals surface area contributed by atoms with Crippen molar-refractivity contribution in [1.29, 1.82) is 5.26 Å². The van der Waals surface area contributed by atoms with E-state index in [9.17, 15) is 18.0 Å². The lowest BCUT2D eigenvalue weighted by molar-refractivity contribution is -0.192. The van der Waals surface area contributed by atoms with Crippen molar-refractivity contribution in [2.45, 2.75) is 12.6 Å². The summed E-state index contributed by atoms with van der Waals surface area (Å²) in [6, 6.07) is 9.68. The summed E-state index contributed by atoms with van der Waals surface area (Å²) < 4.78 is 33.4. The highest BCUT2D eigenvalue weighted by atomic mass is 32.1. The summed E-state index contributed by atoms with van der Waals surface area (Å²) in [4.78, 5) is 23.8. The van der Waals surface area contributed by atoms with Crippen LogP contribution in [0.15, 0.2) is 35.0 Å². The van der Waals surface area contributed by atoms with Crippen molar-refractivity contribution in [1.82, 2.24) is 14.9 Å². The molecule has 3 aromatic heterocycles. The molecule has 4 heterocycles. The van der Waals surface area contributed by atoms with Crippen molar-refractivity contribution >= 4 is 40.2 Å². The van der Waals surface area contributed by atoms with Crippen LogP contribution >= 0.6 is 11.3 Å². The molecule has 0 aromatic carbocycles. The first-order valence-corrected chi connectivity index (χ1v) is 10.7. The maximum Gasteiger partial charge on any atom is 0.490 e. The molecule has 0 spiro atoms. The highest BCUT2D eigenvalue weighted by Crippen LogP contribution is 2.22. The molecular weight excluding hydrogens is 461 g/mol. The maximum absolute atomic E-state index is 12.7. The minimum Gasteiger partial charge on any atom is -0.475 e. The maximum atomic E-state index is 12.7. The Bertz CT molecular complexity index is 1180. The number of carbonyl (C=O) groups is 2. The number of carbonyl (C=O) groups excluding carboxylic acids is 1. The number of carboxylic acids is 1. The number of hydrogen-bond acceptors (Lipinski definition) is 7. The average molecular weight is 480 g/mol. The van der Waals surface area contributed by atoms with Gasteiger partial charge in [-0.2, -0.15) is 18.4 Å². The van der Waals surface area contributed by atoms with Gasteiger partial charge >= 0.3 is 12.1 Å². The largest absolute Gasteiger partial charge is 0.490 e. The topological polar surface area (TPSA) is 123 Å². The van der Waals surface area contributed by atoms with Crippen LogP contribution in [0.3, 0.4) is 0 Å². The number of aliphatic carboxylic acids is 1. The number of anilines is 2. The molecule has 1 aliphatic rings. The molecule has 174 valence electrons. The molecule has 0 radical (unpaired) electrons. The van der Waals surface area contributed by atoms with Gasteiger partial charge in [0, 0.05) is 30.4 Å². The van der Waals surface area contributed by atoms with Crippen molar-refractivity contribution in [3.05, 3.63) is 46.3 Å². The first-order chi connectivity index (χ1) is 15.7. The van der Waals surface area contributed by atoms with Crippen molar-refractivity contribution in [2.75, 3.05) is 36.4 Å². The number of nitrogens with one attached hydrogen (secondary N) is 2. The summed E-state index contributed by atoms with van der Waals surface area (Å²) >= 11 is 1.38. The van der Waals surface area contributed by atoms with E-state index in [-0.39, 0.29) is 5.91 Å². The number of hydrogen-bond donors (Lipinski definition) is 3. The summed E-state index contributed by atoms with van der Waals surface area (Å²) in [7, 11) is 0. The Balaban J connectivity index is 0.000000383. The SMILES string of the molecule is N#Cc1cscc1NC(=O)c1ccc2ccc(N3CCCNCC3)nn12.O=C(O)C(F)(F)F. The van der Waals surface area contributed by atoms with Crippen LogP contribution in [0.2, 0.25) is 0 Å². The van der Waals surface area contributed by atoms with E-state index < -0.39 is 12.1 Å². The van der Waals surface area contributed by atoms with Crippen LogP contribution in [0.5, 0.6) is 0 Å². The number of nitriles is 1. The van der Waals surface area contributed by atoms with Gasteiger partial charge in [-0.05, 0) is 37.2 Å². The van der Waals surface area contributed by atoms with Gasteiger partial charge in [0.25, 0.3) is 5.91 Å². The molecule has 3 N–H and O–H groups in total. The minimum absolute atomic E-state index is 0.276. The molecule has 0 bridgehead atoms. The fourth-order valence-electron chi connectivity index (χ4n) is 3.06. The van der Waals surface area contributed by atoms with Gasteiger partial charge in [-0.15, -0.1) is 16.4 Å². The fourth-order valence-corrected chi connectivity index (χ4v) is 3.77. The van der Waals surface area contributed by atoms with E-state index in [2.05, 4.69) is 26.7 Å². The van der Waals surface area contributed by atoms with Crippen LogP contribution in [0, 0.1) is 11.3 Å². The highest BCUT2D eigenvalue weighted by molar-refractivity contribution is 7.08. The first kappa shape index (κ1) is 24.0. The molecule has 1 aliphatic heterocycles. The van der Waals surface area contributed by atoms with Crippen molar-refractivity contribution in [3.8, 4) is 6.07 Å². The molecule has 9 nitrogen and oxygen atoms in total. The predicted octanol–water partition coefficient (Wildman–Crippen LogP) is 2.95. The van der Waals surface area contributed by atoms with Gasteiger partial charge < -0.3 is 20.6 Å². The smallest absolute Gasteiger partial charge is 0.475 e. The molecule has 33 heavy (non-hydrogen) atoms. The van der Waals surface area contributed by atoms with Gasteiger partial charge in [-0.1, -0.05) is 0 Å². The summed E-state index contributed by atoms with van der Waals surface area (Å²) in [5.41, 5.74) is 2.31. The molecule has 0 aliphatic carbocycles. The Hall–Kier alpha value is -3.63. The summed E-state index contributed by atoms with van der Waals surface area (Å²) in [6.45, 7) is 3.77. The second-order valence-corrected chi connectivity index (χ2v) is 7.65. The number of aromatic nitrogens is 2. The van der Waals surface area contributed by atoms with E-state index in [1.54, 1.807) is 21.3 Å². The number of fused-ring (bicyclic) bond motifs is 1. The molecule has 4 rings (SSSR count). The van der Waals surface area contributed by atoms with Gasteiger partial charge in [0.2, 0.25) is 0 Å². The normalized spacial score (nSPS) is 14.1. The molecule has 0 saturated carbocycles. The lowest BCUT2D eigenvalue weighted by Gasteiger charge is -2.21. The summed E-state index contributed by atoms with van der Waals surface area (Å²) in [5.74, 6) is -2.17. The van der Waals surface area contributed by atoms with E-state index in [1.807, 2.05) is 18.2 Å². The molecule has 1 saturated heterocycles. The van der Waals surface area contributed by atoms with Crippen LogP contribution in [0.4, 0.5) is 24.7 Å². The zero-order valence-corrected chi connectivity index (χ0v) is 17.9. The van der Waals surface area contributed by atoms with Crippen LogP contribution < -0.4 is 15.5 Å². The molecule has 1 amide bonds. The van der Waals surface area contributed by atoms with E-state index in [4.69, 9.17) is 15.2 Å². The Morgan fingerprint density at radius 1 is 1.18 bits per heavy atom. The number of halogens is 3. The van der Waals surface area contributed by atoms with Gasteiger partial charge in [-0.3, -0.25) is 4.79 Å². The first-order valence-electron chi connectivity index (χ1n) is 9.73. The van der Waals surface area contributed by atoms with Gasteiger partial charge in [0.05, 0.1) is 16.8 Å². The van der Waals surface area contributed by atoms with Gasteiger partial charge in [0.15, 0.2) is 0 Å². The quantitative estimate of drug-likeness (QED) is 0.527. The molecule has 0 unspecified atom stereocenters. The zero-order chi connectivity index (χ0) is 24.0. The van der Waals surface area contributed by atoms with Crippen molar-refractivity contribution in [2.24, 2.45) is 0 Å². The number of thiophene rings is 1. The van der Waals surface area contributed by atoms with Gasteiger partial charge in [0.1, 0.15) is 17.6 Å². The number of amides is 1. The lowest BCUT2D eigenvalue weighted by Crippen LogP contribution is -2.29. The fraction of sp³-hybridized carbons (Fsp3) is 0.300. The Kier molecular flexibility index (Phi) is 7.52.